The number of rotatable bonds is 7. The number of carbonyl (C=O) groups is 3. The van der Waals surface area contributed by atoms with E-state index in [4.69, 9.17) is 6.85 Å². The molecular weight excluding hydrogens is 406 g/mol. The molecule has 0 bridgehead atoms. The predicted octanol–water partition coefficient (Wildman–Crippen LogP) is 4.04. The van der Waals surface area contributed by atoms with Crippen LogP contribution in [0, 0.1) is 5.92 Å². The van der Waals surface area contributed by atoms with Crippen LogP contribution in [-0.4, -0.2) is 50.6 Å². The molecule has 0 saturated carbocycles. The number of hydrogen-bond donors (Lipinski definition) is 1. The summed E-state index contributed by atoms with van der Waals surface area (Å²) in [6.45, 7) is 1.70. The highest BCUT2D eigenvalue weighted by Gasteiger charge is 2.41. The Labute approximate surface area is 185 Å². The second kappa shape index (κ2) is 9.98. The molecule has 1 heterocycles. The van der Waals surface area contributed by atoms with Crippen LogP contribution >= 0.6 is 23.5 Å². The summed E-state index contributed by atoms with van der Waals surface area (Å²) >= 11 is 1.99. The molecule has 5 nitrogen and oxygen atoms in total. The van der Waals surface area contributed by atoms with Gasteiger partial charge in [-0.25, -0.2) is 4.79 Å². The van der Waals surface area contributed by atoms with Gasteiger partial charge in [0.15, 0.2) is 0 Å². The van der Waals surface area contributed by atoms with Crippen molar-refractivity contribution < 1.29 is 26.3 Å². The lowest BCUT2D eigenvalue weighted by molar-refractivity contribution is -0.149. The Balaban J connectivity index is 1.71. The number of carboxylic acids is 1. The van der Waals surface area contributed by atoms with Crippen molar-refractivity contribution in [2.45, 2.75) is 29.5 Å². The number of likely N-dealkylation sites (tertiary alicyclic amines) is 1. The molecule has 1 N–H and O–H groups in total. The highest BCUT2D eigenvalue weighted by molar-refractivity contribution is 8.14. The Hall–Kier alpha value is -2.25. The van der Waals surface area contributed by atoms with Crippen LogP contribution in [0.2, 0.25) is 0 Å². The van der Waals surface area contributed by atoms with Gasteiger partial charge in [-0.3, -0.25) is 9.59 Å². The molecule has 0 spiro atoms. The molecule has 7 heteroatoms. The van der Waals surface area contributed by atoms with Gasteiger partial charge in [0, 0.05) is 33.9 Å². The molecule has 3 rings (SSSR count). The summed E-state index contributed by atoms with van der Waals surface area (Å²) in [7, 11) is 0. The lowest BCUT2D eigenvalue weighted by Gasteiger charge is -2.24. The van der Waals surface area contributed by atoms with Crippen molar-refractivity contribution in [1.82, 2.24) is 4.90 Å². The highest BCUT2D eigenvalue weighted by atomic mass is 32.2. The molecule has 2 unspecified atom stereocenters. The van der Waals surface area contributed by atoms with Crippen LogP contribution in [0.4, 0.5) is 0 Å². The first-order valence-electron chi connectivity index (χ1n) is 11.5. The summed E-state index contributed by atoms with van der Waals surface area (Å²) in [5, 5.41) is 9.04. The van der Waals surface area contributed by atoms with E-state index in [2.05, 4.69) is 0 Å². The van der Waals surface area contributed by atoms with Crippen molar-refractivity contribution in [3.8, 4) is 0 Å². The van der Waals surface area contributed by atoms with Crippen LogP contribution in [0.3, 0.4) is 0 Å². The topological polar surface area (TPSA) is 74.7 Å². The first-order chi connectivity index (χ1) is 16.0. The minimum absolute atomic E-state index is 0.0338. The monoisotopic (exact) mass is 434 g/mol. The van der Waals surface area contributed by atoms with Crippen molar-refractivity contribution in [2.75, 3.05) is 12.3 Å². The number of amides is 1. The predicted molar refractivity (Wildman–Crippen MR) is 116 cm³/mol. The normalized spacial score (nSPS) is 22.1. The minimum Gasteiger partial charge on any atom is -0.480 e. The van der Waals surface area contributed by atoms with Crippen molar-refractivity contribution in [2.24, 2.45) is 5.92 Å². The van der Waals surface area contributed by atoms with Crippen LogP contribution in [0.25, 0.3) is 0 Å². The first kappa shape index (κ1) is 15.6. The third-order valence-electron chi connectivity index (χ3n) is 4.49. The fraction of sp³-hybridized carbons (Fsp3) is 0.318. The van der Waals surface area contributed by atoms with Crippen LogP contribution in [0.5, 0.6) is 0 Å². The number of benzene rings is 2. The average molecular weight is 435 g/mol. The molecule has 1 saturated heterocycles. The van der Waals surface area contributed by atoms with E-state index in [-0.39, 0.29) is 40.8 Å². The summed E-state index contributed by atoms with van der Waals surface area (Å²) in [5.41, 5.74) is 0.520. The van der Waals surface area contributed by atoms with Gasteiger partial charge >= 0.3 is 5.97 Å². The molecule has 0 radical (unpaired) electrons. The van der Waals surface area contributed by atoms with Gasteiger partial charge in [0.1, 0.15) is 6.04 Å². The standard InChI is InChI=1S/C22H23NO4S2/c1-15(14-28-22(27)16-8-4-2-5-9-16)20(24)23-13-18(12-19(23)21(25)26)29-17-10-6-3-7-11-17/h2-11,15,18-19H,12-14H2,1H3,(H,25,26)/t15?,18?,19-/m1/s1/i3D,6D,7D,10D,11D. The number of hydrogen-bond acceptors (Lipinski definition) is 5. The minimum atomic E-state index is -1.17. The number of carboxylic acid groups (broad SMARTS) is 1. The second-order valence-corrected chi connectivity index (χ2v) is 8.94. The van der Waals surface area contributed by atoms with Gasteiger partial charge in [0.2, 0.25) is 11.0 Å². The molecular formula is C22H23NO4S2. The van der Waals surface area contributed by atoms with Crippen LogP contribution in [-0.2, 0) is 9.59 Å². The van der Waals surface area contributed by atoms with E-state index in [0.717, 1.165) is 23.5 Å². The van der Waals surface area contributed by atoms with Crippen LogP contribution in [0.15, 0.2) is 65.4 Å². The van der Waals surface area contributed by atoms with E-state index in [1.54, 1.807) is 37.3 Å². The van der Waals surface area contributed by atoms with Gasteiger partial charge in [-0.2, -0.15) is 0 Å². The van der Waals surface area contributed by atoms with Crippen molar-refractivity contribution in [3.63, 3.8) is 0 Å². The second-order valence-electron chi connectivity index (χ2n) is 6.64. The first-order valence-corrected chi connectivity index (χ1v) is 10.9. The molecule has 29 heavy (non-hydrogen) atoms. The summed E-state index contributed by atoms with van der Waals surface area (Å²) in [6.07, 6.45) is 0.0801. The number of carbonyl (C=O) groups excluding carboxylic acids is 2. The van der Waals surface area contributed by atoms with Gasteiger partial charge in [-0.1, -0.05) is 67.1 Å². The summed E-state index contributed by atoms with van der Waals surface area (Å²) in [4.78, 5) is 38.5. The summed E-state index contributed by atoms with van der Waals surface area (Å²) in [5.74, 6) is -1.98. The van der Waals surface area contributed by atoms with Gasteiger partial charge in [0.05, 0.1) is 6.85 Å². The molecule has 1 amide bonds. The Kier molecular flexibility index (Phi) is 5.36. The molecule has 3 atom stereocenters. The summed E-state index contributed by atoms with van der Waals surface area (Å²) < 4.78 is 39.5. The molecule has 0 aromatic heterocycles. The van der Waals surface area contributed by atoms with Gasteiger partial charge in [0.25, 0.3) is 0 Å². The zero-order valence-corrected chi connectivity index (χ0v) is 17.3. The maximum absolute atomic E-state index is 13.1. The Morgan fingerprint density at radius 1 is 1.21 bits per heavy atom. The quantitative estimate of drug-likeness (QED) is 0.709. The van der Waals surface area contributed by atoms with Crippen molar-refractivity contribution >= 4 is 40.5 Å². The zero-order chi connectivity index (χ0) is 25.2. The van der Waals surface area contributed by atoms with Gasteiger partial charge in [-0.05, 0) is 18.5 Å². The molecule has 1 aliphatic heterocycles. The molecule has 2 aromatic carbocycles. The van der Waals surface area contributed by atoms with E-state index >= 15 is 0 Å². The third kappa shape index (κ3) is 5.64. The van der Waals surface area contributed by atoms with Gasteiger partial charge < -0.3 is 10.0 Å². The maximum atomic E-state index is 13.1. The van der Waals surface area contributed by atoms with Crippen molar-refractivity contribution in [1.29, 1.82) is 0 Å². The third-order valence-corrected chi connectivity index (χ3v) is 6.77. The molecule has 0 aliphatic carbocycles. The lowest BCUT2D eigenvalue weighted by atomic mass is 10.1. The SMILES string of the molecule is [2H]c1c([2H])c([2H])c(SC2C[C@H](C(=O)O)N(C(=O)C(C)CSC(=O)c3ccccc3)C2)c([2H])c1[2H]. The fourth-order valence-corrected chi connectivity index (χ4v) is 4.95. The molecule has 1 aliphatic rings. The number of nitrogens with zero attached hydrogens (tertiary/aromatic N) is 1. The number of thioether (sulfide) groups is 2. The van der Waals surface area contributed by atoms with Gasteiger partial charge in [-0.15, -0.1) is 11.8 Å². The Morgan fingerprint density at radius 2 is 1.90 bits per heavy atom. The molecule has 2 aromatic rings. The average Bonchev–Trinajstić information content (AvgIpc) is 3.26. The molecule has 1 fully saturated rings. The largest absolute Gasteiger partial charge is 0.480 e. The zero-order valence-electron chi connectivity index (χ0n) is 20.7. The number of aliphatic carboxylic acids is 1. The fourth-order valence-electron chi connectivity index (χ4n) is 3.04. The maximum Gasteiger partial charge on any atom is 0.326 e. The summed E-state index contributed by atoms with van der Waals surface area (Å²) in [6, 6.07) is 5.45. The smallest absolute Gasteiger partial charge is 0.326 e. The molecule has 152 valence electrons. The van der Waals surface area contributed by atoms with E-state index in [1.165, 1.54) is 4.90 Å². The lowest BCUT2D eigenvalue weighted by Crippen LogP contribution is -2.43. The highest BCUT2D eigenvalue weighted by Crippen LogP contribution is 2.34. The van der Waals surface area contributed by atoms with Crippen molar-refractivity contribution in [3.05, 3.63) is 66.1 Å². The Morgan fingerprint density at radius 3 is 2.55 bits per heavy atom. The van der Waals surface area contributed by atoms with E-state index in [1.807, 2.05) is 0 Å². The van der Waals surface area contributed by atoms with E-state index < -0.39 is 47.2 Å². The van der Waals surface area contributed by atoms with Crippen LogP contribution in [0.1, 0.15) is 30.6 Å². The van der Waals surface area contributed by atoms with E-state index in [9.17, 15) is 19.5 Å². The van der Waals surface area contributed by atoms with E-state index in [0.29, 0.717) is 5.56 Å². The Bertz CT molecular complexity index is 1090. The van der Waals surface area contributed by atoms with Crippen LogP contribution < -0.4 is 0 Å².